The molecule has 0 saturated carbocycles. The number of hydrogen-bond donors (Lipinski definition) is 2. The summed E-state index contributed by atoms with van der Waals surface area (Å²) < 4.78 is 0. The van der Waals surface area contributed by atoms with Gasteiger partial charge in [0.2, 0.25) is 0 Å². The van der Waals surface area contributed by atoms with Crippen LogP contribution in [0.1, 0.15) is 19.8 Å². The van der Waals surface area contributed by atoms with Crippen molar-refractivity contribution >= 4 is 5.97 Å². The van der Waals surface area contributed by atoms with Crippen LogP contribution in [0.2, 0.25) is 0 Å². The van der Waals surface area contributed by atoms with E-state index in [1.807, 2.05) is 6.92 Å². The maximum atomic E-state index is 9.97. The summed E-state index contributed by atoms with van der Waals surface area (Å²) in [6.07, 6.45) is 5.70. The first-order chi connectivity index (χ1) is 5.16. The standard InChI is InChI=1S/C8H12O3/c1-2-3-4-5-7(9)6-8(10)11/h4-6,9H,2-3H2,1H3,(H,10,11)/b5-4+,7-6-. The van der Waals surface area contributed by atoms with Gasteiger partial charge in [0.1, 0.15) is 5.76 Å². The average Bonchev–Trinajstić information content (AvgIpc) is 1.86. The zero-order valence-corrected chi connectivity index (χ0v) is 6.45. The summed E-state index contributed by atoms with van der Waals surface area (Å²) in [5, 5.41) is 17.0. The first-order valence-electron chi connectivity index (χ1n) is 3.47. The van der Waals surface area contributed by atoms with Crippen LogP contribution in [0, 0.1) is 0 Å². The number of carboxylic acid groups (broad SMARTS) is 1. The largest absolute Gasteiger partial charge is 0.508 e. The lowest BCUT2D eigenvalue weighted by molar-refractivity contribution is -0.131. The molecule has 0 saturated heterocycles. The highest BCUT2D eigenvalue weighted by atomic mass is 16.4. The van der Waals surface area contributed by atoms with E-state index >= 15 is 0 Å². The molecule has 0 atom stereocenters. The Morgan fingerprint density at radius 2 is 2.09 bits per heavy atom. The lowest BCUT2D eigenvalue weighted by atomic mass is 10.3. The molecule has 0 heterocycles. The minimum atomic E-state index is -1.14. The molecule has 0 spiro atoms. The molecule has 0 aromatic heterocycles. The topological polar surface area (TPSA) is 57.5 Å². The van der Waals surface area contributed by atoms with Crippen LogP contribution in [-0.2, 0) is 4.79 Å². The van der Waals surface area contributed by atoms with Gasteiger partial charge in [-0.3, -0.25) is 0 Å². The molecule has 2 N–H and O–H groups in total. The van der Waals surface area contributed by atoms with E-state index in [1.165, 1.54) is 6.08 Å². The Bertz CT molecular complexity index is 180. The van der Waals surface area contributed by atoms with E-state index in [1.54, 1.807) is 6.08 Å². The number of unbranched alkanes of at least 4 members (excludes halogenated alkanes) is 1. The fraction of sp³-hybridized carbons (Fsp3) is 0.375. The smallest absolute Gasteiger partial charge is 0.332 e. The van der Waals surface area contributed by atoms with Crippen molar-refractivity contribution in [2.45, 2.75) is 19.8 Å². The Kier molecular flexibility index (Phi) is 4.90. The minimum absolute atomic E-state index is 0.217. The van der Waals surface area contributed by atoms with E-state index < -0.39 is 5.97 Å². The molecular formula is C8H12O3. The van der Waals surface area contributed by atoms with Gasteiger partial charge < -0.3 is 10.2 Å². The number of aliphatic carboxylic acids is 1. The van der Waals surface area contributed by atoms with Crippen LogP contribution in [0.5, 0.6) is 0 Å². The summed E-state index contributed by atoms with van der Waals surface area (Å²) in [4.78, 5) is 9.97. The Morgan fingerprint density at radius 1 is 1.45 bits per heavy atom. The summed E-state index contributed by atoms with van der Waals surface area (Å²) in [5.74, 6) is -1.35. The fourth-order valence-electron chi connectivity index (χ4n) is 0.545. The number of carbonyl (C=O) groups is 1. The van der Waals surface area contributed by atoms with Gasteiger partial charge in [-0.05, 0) is 12.5 Å². The van der Waals surface area contributed by atoms with E-state index in [-0.39, 0.29) is 5.76 Å². The Morgan fingerprint density at radius 3 is 2.55 bits per heavy atom. The number of aliphatic hydroxyl groups excluding tert-OH is 1. The number of hydrogen-bond acceptors (Lipinski definition) is 2. The van der Waals surface area contributed by atoms with Gasteiger partial charge in [0.15, 0.2) is 0 Å². The molecule has 0 amide bonds. The average molecular weight is 156 g/mol. The third-order valence-corrected chi connectivity index (χ3v) is 1.02. The van der Waals surface area contributed by atoms with E-state index in [0.717, 1.165) is 18.9 Å². The number of rotatable bonds is 4. The number of allylic oxidation sites excluding steroid dienone is 2. The summed E-state index contributed by atoms with van der Waals surface area (Å²) in [7, 11) is 0. The van der Waals surface area contributed by atoms with Gasteiger partial charge in [0, 0.05) is 0 Å². The van der Waals surface area contributed by atoms with Crippen molar-refractivity contribution in [3.8, 4) is 0 Å². The van der Waals surface area contributed by atoms with Gasteiger partial charge in [0.25, 0.3) is 0 Å². The highest BCUT2D eigenvalue weighted by molar-refractivity contribution is 5.80. The third-order valence-electron chi connectivity index (χ3n) is 1.02. The molecule has 3 nitrogen and oxygen atoms in total. The van der Waals surface area contributed by atoms with Crippen LogP contribution in [0.25, 0.3) is 0 Å². The van der Waals surface area contributed by atoms with E-state index in [2.05, 4.69) is 0 Å². The van der Waals surface area contributed by atoms with Gasteiger partial charge in [-0.2, -0.15) is 0 Å². The minimum Gasteiger partial charge on any atom is -0.508 e. The lowest BCUT2D eigenvalue weighted by Crippen LogP contribution is -1.89. The van der Waals surface area contributed by atoms with Crippen LogP contribution in [0.4, 0.5) is 0 Å². The first-order valence-corrected chi connectivity index (χ1v) is 3.47. The third kappa shape index (κ3) is 6.64. The predicted octanol–water partition coefficient (Wildman–Crippen LogP) is 1.87. The second-order valence-electron chi connectivity index (χ2n) is 2.10. The van der Waals surface area contributed by atoms with Gasteiger partial charge in [-0.25, -0.2) is 4.79 Å². The zero-order valence-electron chi connectivity index (χ0n) is 6.45. The molecule has 0 aromatic rings. The first kappa shape index (κ1) is 9.75. The van der Waals surface area contributed by atoms with Crippen molar-refractivity contribution in [2.75, 3.05) is 0 Å². The molecule has 0 bridgehead atoms. The Labute approximate surface area is 65.7 Å². The van der Waals surface area contributed by atoms with E-state index in [9.17, 15) is 4.79 Å². The maximum absolute atomic E-state index is 9.97. The maximum Gasteiger partial charge on any atom is 0.332 e. The van der Waals surface area contributed by atoms with Crippen molar-refractivity contribution in [1.82, 2.24) is 0 Å². The monoisotopic (exact) mass is 156 g/mol. The molecule has 3 heteroatoms. The van der Waals surface area contributed by atoms with Crippen molar-refractivity contribution in [3.05, 3.63) is 24.0 Å². The van der Waals surface area contributed by atoms with Crippen LogP contribution >= 0.6 is 0 Å². The van der Waals surface area contributed by atoms with Gasteiger partial charge in [-0.15, -0.1) is 0 Å². The second kappa shape index (κ2) is 5.53. The van der Waals surface area contributed by atoms with Crippen LogP contribution in [0.15, 0.2) is 24.0 Å². The molecule has 0 unspecified atom stereocenters. The molecule has 11 heavy (non-hydrogen) atoms. The lowest BCUT2D eigenvalue weighted by Gasteiger charge is -1.87. The number of carboxylic acids is 1. The molecule has 62 valence electrons. The molecule has 0 aliphatic heterocycles. The van der Waals surface area contributed by atoms with Crippen molar-refractivity contribution in [3.63, 3.8) is 0 Å². The molecule has 0 rings (SSSR count). The summed E-state index contributed by atoms with van der Waals surface area (Å²) in [5.41, 5.74) is 0. The van der Waals surface area contributed by atoms with Crippen LogP contribution < -0.4 is 0 Å². The van der Waals surface area contributed by atoms with Crippen molar-refractivity contribution in [1.29, 1.82) is 0 Å². The zero-order chi connectivity index (χ0) is 8.69. The molecule has 0 aliphatic carbocycles. The van der Waals surface area contributed by atoms with Crippen LogP contribution in [0.3, 0.4) is 0 Å². The van der Waals surface area contributed by atoms with Gasteiger partial charge >= 0.3 is 5.97 Å². The molecule has 0 radical (unpaired) electrons. The van der Waals surface area contributed by atoms with Crippen molar-refractivity contribution < 1.29 is 15.0 Å². The summed E-state index contributed by atoms with van der Waals surface area (Å²) >= 11 is 0. The fourth-order valence-corrected chi connectivity index (χ4v) is 0.545. The Hall–Kier alpha value is -1.25. The van der Waals surface area contributed by atoms with Crippen molar-refractivity contribution in [2.24, 2.45) is 0 Å². The number of aliphatic hydroxyl groups is 1. The second-order valence-corrected chi connectivity index (χ2v) is 2.10. The molecular weight excluding hydrogens is 144 g/mol. The van der Waals surface area contributed by atoms with Gasteiger partial charge in [0.05, 0.1) is 6.08 Å². The van der Waals surface area contributed by atoms with E-state index in [0.29, 0.717) is 0 Å². The van der Waals surface area contributed by atoms with Crippen LogP contribution in [-0.4, -0.2) is 16.2 Å². The summed E-state index contributed by atoms with van der Waals surface area (Å²) in [6, 6.07) is 0. The highest BCUT2D eigenvalue weighted by Gasteiger charge is 1.90. The quantitative estimate of drug-likeness (QED) is 0.371. The SMILES string of the molecule is CCC/C=C/C(O)=C/C(=O)O. The van der Waals surface area contributed by atoms with E-state index in [4.69, 9.17) is 10.2 Å². The molecule has 0 aliphatic rings. The normalized spacial score (nSPS) is 12.3. The molecule has 0 fully saturated rings. The summed E-state index contributed by atoms with van der Waals surface area (Å²) in [6.45, 7) is 2.00. The highest BCUT2D eigenvalue weighted by Crippen LogP contribution is 1.94. The van der Waals surface area contributed by atoms with Gasteiger partial charge in [-0.1, -0.05) is 19.4 Å². The predicted molar refractivity (Wildman–Crippen MR) is 42.4 cm³/mol. The molecule has 0 aromatic carbocycles. The Balaban J connectivity index is 3.85.